The Morgan fingerprint density at radius 2 is 1.79 bits per heavy atom. The number of ether oxygens (including phenoxy) is 1. The van der Waals surface area contributed by atoms with Crippen molar-refractivity contribution < 1.29 is 4.74 Å². The molecule has 0 bridgehead atoms. The third kappa shape index (κ3) is 4.05. The molecular weight excluding hydrogens is 362 g/mol. The number of rotatable bonds is 5. The van der Waals surface area contributed by atoms with Crippen molar-refractivity contribution in [2.45, 2.75) is 13.3 Å². The molecule has 2 aromatic carbocycles. The molecule has 4 rings (SSSR count). The molecule has 6 heteroatoms. The second-order valence-electron chi connectivity index (χ2n) is 6.86. The van der Waals surface area contributed by atoms with Gasteiger partial charge in [0.25, 0.3) is 0 Å². The summed E-state index contributed by atoms with van der Waals surface area (Å²) in [5.41, 5.74) is 3.64. The minimum Gasteiger partial charge on any atom is -0.378 e. The summed E-state index contributed by atoms with van der Waals surface area (Å²) in [6.07, 6.45) is 2.85. The van der Waals surface area contributed by atoms with Crippen LogP contribution in [0.5, 0.6) is 0 Å². The predicted octanol–water partition coefficient (Wildman–Crippen LogP) is 3.73. The molecule has 1 saturated heterocycles. The first-order chi connectivity index (χ1) is 14.3. The molecule has 0 saturated carbocycles. The summed E-state index contributed by atoms with van der Waals surface area (Å²) >= 11 is 0. The van der Waals surface area contributed by atoms with Gasteiger partial charge in [0.15, 0.2) is 5.82 Å². The lowest BCUT2D eigenvalue weighted by Gasteiger charge is -2.28. The Morgan fingerprint density at radius 3 is 2.45 bits per heavy atom. The van der Waals surface area contributed by atoms with Crippen LogP contribution in [0, 0.1) is 11.3 Å². The van der Waals surface area contributed by atoms with Gasteiger partial charge in [0.2, 0.25) is 5.95 Å². The summed E-state index contributed by atoms with van der Waals surface area (Å²) in [4.78, 5) is 2.15. The molecule has 0 atom stereocenters. The number of nitriles is 1. The lowest BCUT2D eigenvalue weighted by Crippen LogP contribution is -2.38. The Balaban J connectivity index is 1.80. The van der Waals surface area contributed by atoms with Crippen LogP contribution in [0.3, 0.4) is 0 Å². The SMILES string of the molecule is CCc1ccc(/C=C(\C#N)c2nnc(N3CCOCC3)n2-c2ccccc2)cc1. The highest BCUT2D eigenvalue weighted by atomic mass is 16.5. The van der Waals surface area contributed by atoms with Gasteiger partial charge in [0, 0.05) is 13.1 Å². The molecule has 3 aromatic rings. The van der Waals surface area contributed by atoms with Crippen molar-refractivity contribution in [2.75, 3.05) is 31.2 Å². The second kappa shape index (κ2) is 8.72. The van der Waals surface area contributed by atoms with Crippen molar-refractivity contribution in [3.63, 3.8) is 0 Å². The first-order valence-corrected chi connectivity index (χ1v) is 9.85. The number of nitrogens with zero attached hydrogens (tertiary/aromatic N) is 5. The van der Waals surface area contributed by atoms with E-state index in [0.717, 1.165) is 36.7 Å². The summed E-state index contributed by atoms with van der Waals surface area (Å²) in [5, 5.41) is 18.8. The predicted molar refractivity (Wildman–Crippen MR) is 114 cm³/mol. The molecular formula is C23H23N5O. The first kappa shape index (κ1) is 18.9. The van der Waals surface area contributed by atoms with Crippen LogP contribution in [-0.2, 0) is 11.2 Å². The summed E-state index contributed by atoms with van der Waals surface area (Å²) in [7, 11) is 0. The van der Waals surface area contributed by atoms with Crippen LogP contribution in [0.1, 0.15) is 23.9 Å². The molecule has 0 N–H and O–H groups in total. The van der Waals surface area contributed by atoms with Gasteiger partial charge in [-0.05, 0) is 35.8 Å². The third-order valence-electron chi connectivity index (χ3n) is 5.01. The molecule has 6 nitrogen and oxygen atoms in total. The van der Waals surface area contributed by atoms with Gasteiger partial charge in [-0.15, -0.1) is 10.2 Å². The van der Waals surface area contributed by atoms with E-state index in [1.165, 1.54) is 5.56 Å². The molecule has 2 heterocycles. The van der Waals surface area contributed by atoms with Crippen LogP contribution in [0.4, 0.5) is 5.95 Å². The minimum atomic E-state index is 0.477. The summed E-state index contributed by atoms with van der Waals surface area (Å²) in [6.45, 7) is 4.93. The molecule has 1 aliphatic rings. The summed E-state index contributed by atoms with van der Waals surface area (Å²) < 4.78 is 7.44. The van der Waals surface area contributed by atoms with Crippen LogP contribution in [0.25, 0.3) is 17.3 Å². The molecule has 0 amide bonds. The fourth-order valence-corrected chi connectivity index (χ4v) is 3.40. The highest BCUT2D eigenvalue weighted by Gasteiger charge is 2.23. The van der Waals surface area contributed by atoms with Gasteiger partial charge < -0.3 is 9.64 Å². The number of aromatic nitrogens is 3. The van der Waals surface area contributed by atoms with Crippen molar-refractivity contribution in [3.05, 3.63) is 71.5 Å². The molecule has 29 heavy (non-hydrogen) atoms. The van der Waals surface area contributed by atoms with Crippen molar-refractivity contribution in [1.82, 2.24) is 14.8 Å². The van der Waals surface area contributed by atoms with E-state index in [4.69, 9.17) is 4.74 Å². The van der Waals surface area contributed by atoms with Gasteiger partial charge in [-0.25, -0.2) is 0 Å². The quantitative estimate of drug-likeness (QED) is 0.626. The molecule has 0 aliphatic carbocycles. The van der Waals surface area contributed by atoms with E-state index >= 15 is 0 Å². The van der Waals surface area contributed by atoms with Crippen LogP contribution in [0.15, 0.2) is 54.6 Å². The van der Waals surface area contributed by atoms with E-state index < -0.39 is 0 Å². The van der Waals surface area contributed by atoms with E-state index in [1.54, 1.807) is 0 Å². The number of benzene rings is 2. The Kier molecular flexibility index (Phi) is 5.68. The molecule has 146 valence electrons. The average Bonchev–Trinajstić information content (AvgIpc) is 3.24. The van der Waals surface area contributed by atoms with Crippen LogP contribution >= 0.6 is 0 Å². The van der Waals surface area contributed by atoms with E-state index in [1.807, 2.05) is 53.1 Å². The molecule has 1 aromatic heterocycles. The van der Waals surface area contributed by atoms with Gasteiger partial charge in [-0.3, -0.25) is 4.57 Å². The van der Waals surface area contributed by atoms with Gasteiger partial charge in [0.1, 0.15) is 6.07 Å². The fourth-order valence-electron chi connectivity index (χ4n) is 3.40. The van der Waals surface area contributed by atoms with E-state index in [0.29, 0.717) is 24.6 Å². The lowest BCUT2D eigenvalue weighted by atomic mass is 10.1. The zero-order chi connectivity index (χ0) is 20.1. The Labute approximate surface area is 170 Å². The molecule has 1 aliphatic heterocycles. The van der Waals surface area contributed by atoms with Crippen molar-refractivity contribution in [1.29, 1.82) is 5.26 Å². The standard InChI is InChI=1S/C23H23N5O/c1-2-18-8-10-19(11-9-18)16-20(17-24)22-25-26-23(27-12-14-29-15-13-27)28(22)21-6-4-3-5-7-21/h3-11,16H,2,12-15H2,1H3/b20-16+. The van der Waals surface area contributed by atoms with Crippen molar-refractivity contribution in [3.8, 4) is 11.8 Å². The summed E-state index contributed by atoms with van der Waals surface area (Å²) in [6, 6.07) is 20.5. The molecule has 0 unspecified atom stereocenters. The van der Waals surface area contributed by atoms with Crippen molar-refractivity contribution >= 4 is 17.6 Å². The van der Waals surface area contributed by atoms with Crippen molar-refractivity contribution in [2.24, 2.45) is 0 Å². The monoisotopic (exact) mass is 385 g/mol. The number of aryl methyl sites for hydroxylation is 1. The number of hydrogen-bond acceptors (Lipinski definition) is 5. The zero-order valence-corrected chi connectivity index (χ0v) is 16.5. The number of anilines is 1. The smallest absolute Gasteiger partial charge is 0.232 e. The normalized spacial score (nSPS) is 14.6. The maximum absolute atomic E-state index is 9.90. The Hall–Kier alpha value is -3.43. The molecule has 1 fully saturated rings. The van der Waals surface area contributed by atoms with Crippen LogP contribution < -0.4 is 4.90 Å². The van der Waals surface area contributed by atoms with Gasteiger partial charge >= 0.3 is 0 Å². The number of hydrogen-bond donors (Lipinski definition) is 0. The number of allylic oxidation sites excluding steroid dienone is 1. The Morgan fingerprint density at radius 1 is 1.07 bits per heavy atom. The summed E-state index contributed by atoms with van der Waals surface area (Å²) in [5.74, 6) is 1.27. The van der Waals surface area contributed by atoms with E-state index in [-0.39, 0.29) is 0 Å². The number of para-hydroxylation sites is 1. The maximum atomic E-state index is 9.90. The number of morpholine rings is 1. The van der Waals surface area contributed by atoms with E-state index in [9.17, 15) is 5.26 Å². The highest BCUT2D eigenvalue weighted by Crippen LogP contribution is 2.26. The Bertz CT molecular complexity index is 1030. The first-order valence-electron chi connectivity index (χ1n) is 9.85. The van der Waals surface area contributed by atoms with Gasteiger partial charge in [-0.2, -0.15) is 5.26 Å². The van der Waals surface area contributed by atoms with Gasteiger partial charge in [0.05, 0.1) is 24.5 Å². The largest absolute Gasteiger partial charge is 0.378 e. The zero-order valence-electron chi connectivity index (χ0n) is 16.5. The van der Waals surface area contributed by atoms with Crippen LogP contribution in [0.2, 0.25) is 0 Å². The fraction of sp³-hybridized carbons (Fsp3) is 0.261. The van der Waals surface area contributed by atoms with E-state index in [2.05, 4.69) is 40.2 Å². The lowest BCUT2D eigenvalue weighted by molar-refractivity contribution is 0.122. The molecule has 0 radical (unpaired) electrons. The maximum Gasteiger partial charge on any atom is 0.232 e. The highest BCUT2D eigenvalue weighted by molar-refractivity contribution is 5.88. The van der Waals surface area contributed by atoms with Crippen LogP contribution in [-0.4, -0.2) is 41.1 Å². The topological polar surface area (TPSA) is 67.0 Å². The second-order valence-corrected chi connectivity index (χ2v) is 6.86. The minimum absolute atomic E-state index is 0.477. The third-order valence-corrected chi connectivity index (χ3v) is 5.01. The van der Waals surface area contributed by atoms with Gasteiger partial charge in [-0.1, -0.05) is 49.4 Å². The average molecular weight is 385 g/mol. The molecule has 0 spiro atoms.